The van der Waals surface area contributed by atoms with Crippen LogP contribution in [0.3, 0.4) is 0 Å². The summed E-state index contributed by atoms with van der Waals surface area (Å²) in [6.07, 6.45) is 0. The van der Waals surface area contributed by atoms with Gasteiger partial charge in [-0.3, -0.25) is 10.0 Å². The first-order chi connectivity index (χ1) is 25.3. The highest BCUT2D eigenvalue weighted by molar-refractivity contribution is 7.86. The van der Waals surface area contributed by atoms with E-state index in [0.29, 0.717) is 27.6 Å². The molecular weight excluding hydrogens is 741 g/mol. The van der Waals surface area contributed by atoms with Gasteiger partial charge in [0.2, 0.25) is 22.2 Å². The first-order valence-electron chi connectivity index (χ1n) is 15.5. The van der Waals surface area contributed by atoms with Crippen molar-refractivity contribution in [3.05, 3.63) is 120 Å². The molecule has 2 atom stereocenters. The highest BCUT2D eigenvalue weighted by atomic mass is 32.2. The Kier molecular flexibility index (Phi) is 10.7. The molecule has 6 rings (SSSR count). The molecule has 270 valence electrons. The molecule has 0 fully saturated rings. The molecule has 0 aromatic heterocycles. The fraction of sp³-hybridized carbons (Fsp3) is 0.0556. The van der Waals surface area contributed by atoms with Gasteiger partial charge in [-0.1, -0.05) is 36.9 Å². The van der Waals surface area contributed by atoms with Gasteiger partial charge in [0.25, 0.3) is 10.1 Å². The fourth-order valence-corrected chi connectivity index (χ4v) is 7.04. The van der Waals surface area contributed by atoms with Crippen LogP contribution < -0.4 is 15.4 Å². The topological polar surface area (TPSA) is 215 Å². The highest BCUT2D eigenvalue weighted by Crippen LogP contribution is 2.47. The number of hydrogen-bond acceptors (Lipinski definition) is 13. The molecule has 17 heteroatoms. The predicted molar refractivity (Wildman–Crippen MR) is 205 cm³/mol. The third-order valence-corrected chi connectivity index (χ3v) is 10.3. The van der Waals surface area contributed by atoms with Gasteiger partial charge in [0, 0.05) is 10.8 Å². The van der Waals surface area contributed by atoms with E-state index in [4.69, 9.17) is 14.2 Å². The molecule has 5 N–H and O–H groups in total. The first kappa shape index (κ1) is 36.9. The quantitative estimate of drug-likeness (QED) is 0.0400. The summed E-state index contributed by atoms with van der Waals surface area (Å²) in [4.78, 5) is -0.418. The second kappa shape index (κ2) is 15.4. The number of azo groups is 2. The molecular formula is C36H30N6O8S3. The number of phenols is 1. The lowest BCUT2D eigenvalue weighted by Crippen LogP contribution is -2.05. The Morgan fingerprint density at radius 3 is 2.06 bits per heavy atom. The van der Waals surface area contributed by atoms with Crippen molar-refractivity contribution in [3.8, 4) is 11.5 Å². The molecule has 0 amide bonds. The highest BCUT2D eigenvalue weighted by Gasteiger charge is 2.25. The Labute approximate surface area is 308 Å². The fourth-order valence-electron chi connectivity index (χ4n) is 5.39. The molecule has 0 spiro atoms. The van der Waals surface area contributed by atoms with Crippen LogP contribution >= 0.6 is 0 Å². The van der Waals surface area contributed by atoms with Crippen molar-refractivity contribution in [2.24, 2.45) is 20.5 Å². The van der Waals surface area contributed by atoms with Gasteiger partial charge < -0.3 is 15.0 Å². The zero-order valence-corrected chi connectivity index (χ0v) is 30.4. The van der Waals surface area contributed by atoms with Crippen LogP contribution in [0, 0.1) is 13.8 Å². The first-order valence-corrected chi connectivity index (χ1v) is 19.1. The summed E-state index contributed by atoms with van der Waals surface area (Å²) in [5, 5.41) is 31.0. The normalized spacial score (nSPS) is 13.1. The Morgan fingerprint density at radius 1 is 0.792 bits per heavy atom. The van der Waals surface area contributed by atoms with E-state index < -0.39 is 48.6 Å². The SMILES string of the molecule is C=CS(=O)Oc1ccc(N=Nc2c(C)cc3cc(S(=O)(=O)O)c(N=Nc4ccc(S(=O)ONc5cccc6cccc(C)c56)cc4)c(O)c3c2N)cc1. The Balaban J connectivity index is 1.26. The molecule has 0 aliphatic rings. The van der Waals surface area contributed by atoms with Gasteiger partial charge in [-0.2, -0.15) is 22.9 Å². The summed E-state index contributed by atoms with van der Waals surface area (Å²) in [5.41, 5.74) is 11.5. The molecule has 0 aliphatic heterocycles. The Bertz CT molecular complexity index is 2610. The summed E-state index contributed by atoms with van der Waals surface area (Å²) in [5.74, 6) is -0.352. The van der Waals surface area contributed by atoms with E-state index in [1.54, 1.807) is 31.2 Å². The van der Waals surface area contributed by atoms with Crippen LogP contribution in [0.4, 0.5) is 34.1 Å². The minimum atomic E-state index is -4.91. The van der Waals surface area contributed by atoms with E-state index in [-0.39, 0.29) is 27.8 Å². The molecule has 6 aromatic rings. The lowest BCUT2D eigenvalue weighted by Gasteiger charge is -2.13. The molecule has 0 saturated carbocycles. The minimum Gasteiger partial charge on any atom is -0.505 e. The van der Waals surface area contributed by atoms with E-state index >= 15 is 0 Å². The van der Waals surface area contributed by atoms with Gasteiger partial charge in [0.05, 0.1) is 33.0 Å². The Hall–Kier alpha value is -5.85. The van der Waals surface area contributed by atoms with Crippen LogP contribution in [0.1, 0.15) is 11.1 Å². The number of nitrogens with zero attached hydrogens (tertiary/aromatic N) is 4. The number of fused-ring (bicyclic) bond motifs is 2. The average molecular weight is 771 g/mol. The Morgan fingerprint density at radius 2 is 1.42 bits per heavy atom. The zero-order valence-electron chi connectivity index (χ0n) is 28.0. The van der Waals surface area contributed by atoms with Crippen LogP contribution in [0.25, 0.3) is 21.5 Å². The molecule has 0 bridgehead atoms. The monoisotopic (exact) mass is 770 g/mol. The van der Waals surface area contributed by atoms with Crippen molar-refractivity contribution in [2.75, 3.05) is 11.2 Å². The van der Waals surface area contributed by atoms with Gasteiger partial charge in [-0.15, -0.1) is 10.2 Å². The number of nitrogen functional groups attached to an aromatic ring is 1. The summed E-state index contributed by atoms with van der Waals surface area (Å²) in [7, 11) is -4.91. The maximum atomic E-state index is 12.9. The van der Waals surface area contributed by atoms with Crippen LogP contribution in [0.2, 0.25) is 0 Å². The number of aryl methyl sites for hydroxylation is 2. The van der Waals surface area contributed by atoms with Gasteiger partial charge in [0.1, 0.15) is 22.0 Å². The maximum Gasteiger partial charge on any atom is 0.296 e. The van der Waals surface area contributed by atoms with Crippen molar-refractivity contribution in [1.29, 1.82) is 0 Å². The van der Waals surface area contributed by atoms with Crippen LogP contribution in [-0.4, -0.2) is 26.5 Å². The zero-order chi connectivity index (χ0) is 37.9. The van der Waals surface area contributed by atoms with E-state index in [0.717, 1.165) is 27.8 Å². The van der Waals surface area contributed by atoms with Crippen LogP contribution in [-0.2, 0) is 36.6 Å². The van der Waals surface area contributed by atoms with Crippen molar-refractivity contribution < 1.29 is 35.0 Å². The second-order valence-corrected chi connectivity index (χ2v) is 14.9. The van der Waals surface area contributed by atoms with Crippen LogP contribution in [0.15, 0.2) is 139 Å². The van der Waals surface area contributed by atoms with Gasteiger partial charge in [0.15, 0.2) is 5.75 Å². The molecule has 53 heavy (non-hydrogen) atoms. The van der Waals surface area contributed by atoms with Crippen molar-refractivity contribution in [2.45, 2.75) is 23.6 Å². The largest absolute Gasteiger partial charge is 0.505 e. The predicted octanol–water partition coefficient (Wildman–Crippen LogP) is 9.23. The van der Waals surface area contributed by atoms with E-state index in [1.165, 1.54) is 30.3 Å². The van der Waals surface area contributed by atoms with E-state index in [2.05, 4.69) is 32.5 Å². The number of nitrogens with one attached hydrogen (secondary N) is 1. The van der Waals surface area contributed by atoms with Crippen LogP contribution in [0.5, 0.6) is 11.5 Å². The summed E-state index contributed by atoms with van der Waals surface area (Å²) in [6.45, 7) is 7.02. The number of phenolic OH excluding ortho intramolecular Hbond substituents is 1. The van der Waals surface area contributed by atoms with Gasteiger partial charge in [-0.05, 0) is 102 Å². The van der Waals surface area contributed by atoms with Crippen molar-refractivity contribution >= 4 is 87.9 Å². The molecule has 6 aromatic carbocycles. The average Bonchev–Trinajstić information content (AvgIpc) is 3.13. The van der Waals surface area contributed by atoms with Crippen molar-refractivity contribution in [1.82, 2.24) is 0 Å². The van der Waals surface area contributed by atoms with E-state index in [1.807, 2.05) is 43.3 Å². The summed E-state index contributed by atoms with van der Waals surface area (Å²) in [6, 6.07) is 26.2. The number of benzene rings is 6. The third-order valence-electron chi connectivity index (χ3n) is 7.87. The number of aromatic hydroxyl groups is 1. The molecule has 0 saturated heterocycles. The molecule has 2 unspecified atom stereocenters. The van der Waals surface area contributed by atoms with E-state index in [9.17, 15) is 26.5 Å². The minimum absolute atomic E-state index is 0.00154. The second-order valence-electron chi connectivity index (χ2n) is 11.4. The molecule has 0 heterocycles. The molecule has 14 nitrogen and oxygen atoms in total. The standard InChI is InChI=1S/C36H30N6O8S3/c1-4-51(44)49-27-15-11-25(12-16-27)38-40-34-22(3)19-24-20-30(53(46,47)48)35(36(43)32(24)33(34)37)41-39-26-13-17-28(18-14-26)52(45)50-42-29-10-6-9-23-8-5-7-21(2)31(23)29/h4-20,42-43H,1,37H2,2-3H3,(H,46,47,48). The van der Waals surface area contributed by atoms with Crippen molar-refractivity contribution in [3.63, 3.8) is 0 Å². The van der Waals surface area contributed by atoms with Gasteiger partial charge >= 0.3 is 0 Å². The lowest BCUT2D eigenvalue weighted by atomic mass is 10.0. The summed E-state index contributed by atoms with van der Waals surface area (Å²) < 4.78 is 70.0. The summed E-state index contributed by atoms with van der Waals surface area (Å²) >= 11 is -3.62. The number of nitrogens with two attached hydrogens (primary N) is 1. The van der Waals surface area contributed by atoms with Gasteiger partial charge in [-0.25, -0.2) is 8.42 Å². The third kappa shape index (κ3) is 8.14. The maximum absolute atomic E-state index is 12.9. The molecule has 0 radical (unpaired) electrons. The number of anilines is 2. The molecule has 0 aliphatic carbocycles. The lowest BCUT2D eigenvalue weighted by molar-refractivity contribution is 0.437. The smallest absolute Gasteiger partial charge is 0.296 e. The number of hydrogen-bond donors (Lipinski definition) is 4. The number of rotatable bonds is 12.